The van der Waals surface area contributed by atoms with Gasteiger partial charge in [0.05, 0.1) is 21.1 Å². The molecule has 0 spiro atoms. The second-order valence-electron chi connectivity index (χ2n) is 8.42. The molecule has 0 aliphatic rings. The summed E-state index contributed by atoms with van der Waals surface area (Å²) in [7, 11) is 9.53. The Morgan fingerprint density at radius 3 is 1.20 bits per heavy atom. The molecule has 4 nitrogen and oxygen atoms in total. The molecular weight excluding hydrogens is 374 g/mol. The molecule has 0 aliphatic carbocycles. The van der Waals surface area contributed by atoms with E-state index in [1.165, 1.54) is 0 Å². The van der Waals surface area contributed by atoms with Crippen molar-refractivity contribution in [1.82, 2.24) is 0 Å². The maximum atomic E-state index is 7.00. The first-order chi connectivity index (χ1) is 14.4. The number of hydrogen-bond acceptors (Lipinski definition) is 3. The van der Waals surface area contributed by atoms with Gasteiger partial charge in [-0.3, -0.25) is 0 Å². The van der Waals surface area contributed by atoms with Crippen molar-refractivity contribution in [3.8, 4) is 0 Å². The van der Waals surface area contributed by atoms with Crippen molar-refractivity contribution in [2.45, 2.75) is 11.6 Å². The number of benzene rings is 3. The second kappa shape index (κ2) is 9.11. The molecule has 0 unspecified atom stereocenters. The summed E-state index contributed by atoms with van der Waals surface area (Å²) >= 11 is 0. The molecule has 0 amide bonds. The standard InChI is InChI=1S/C26H32NO3/c1-27(2,3)21-25(28-4,29-5)30-26(22-15-9-6-10-16-22,23-17-11-7-12-18-23)24-19-13-8-14-20-24/h6-20H,21H2,1-5H3/q+1. The molecule has 3 rings (SSSR count). The van der Waals surface area contributed by atoms with E-state index < -0.39 is 11.6 Å². The third kappa shape index (κ3) is 4.63. The summed E-state index contributed by atoms with van der Waals surface area (Å²) in [5.41, 5.74) is 2.08. The lowest BCUT2D eigenvalue weighted by atomic mass is 9.80. The van der Waals surface area contributed by atoms with Gasteiger partial charge in [0.1, 0.15) is 5.60 Å². The fourth-order valence-electron chi connectivity index (χ4n) is 3.84. The van der Waals surface area contributed by atoms with Crippen LogP contribution in [0.1, 0.15) is 16.7 Å². The Labute approximate surface area is 180 Å². The van der Waals surface area contributed by atoms with Gasteiger partial charge in [0.25, 0.3) is 0 Å². The molecule has 158 valence electrons. The summed E-state index contributed by atoms with van der Waals surface area (Å²) < 4.78 is 19.5. The maximum absolute atomic E-state index is 7.00. The van der Waals surface area contributed by atoms with E-state index >= 15 is 0 Å². The largest absolute Gasteiger partial charge is 0.336 e. The van der Waals surface area contributed by atoms with Gasteiger partial charge in [0.15, 0.2) is 6.54 Å². The van der Waals surface area contributed by atoms with Crippen LogP contribution in [0, 0.1) is 0 Å². The van der Waals surface area contributed by atoms with Crippen LogP contribution < -0.4 is 0 Å². The van der Waals surface area contributed by atoms with Crippen LogP contribution >= 0.6 is 0 Å². The highest BCUT2D eigenvalue weighted by Gasteiger charge is 2.49. The number of likely N-dealkylation sites (N-methyl/N-ethyl adjacent to an activating group) is 1. The third-order valence-corrected chi connectivity index (χ3v) is 5.14. The van der Waals surface area contributed by atoms with Crippen LogP contribution in [0.5, 0.6) is 0 Å². The Hall–Kier alpha value is -2.50. The minimum atomic E-state index is -1.26. The fraction of sp³-hybridized carbons (Fsp3) is 0.308. The zero-order valence-electron chi connectivity index (χ0n) is 18.5. The molecule has 0 aliphatic heterocycles. The number of rotatable bonds is 9. The predicted molar refractivity (Wildman–Crippen MR) is 120 cm³/mol. The summed E-state index contributed by atoms with van der Waals surface area (Å²) in [4.78, 5) is 0. The molecule has 3 aromatic rings. The van der Waals surface area contributed by atoms with Crippen molar-refractivity contribution in [2.24, 2.45) is 0 Å². The fourth-order valence-corrected chi connectivity index (χ4v) is 3.84. The van der Waals surface area contributed by atoms with E-state index in [9.17, 15) is 0 Å². The Morgan fingerprint density at radius 2 is 0.933 bits per heavy atom. The summed E-state index contributed by atoms with van der Waals surface area (Å²) in [6.07, 6.45) is 0. The summed E-state index contributed by atoms with van der Waals surface area (Å²) in [5.74, 6) is -1.26. The average molecular weight is 407 g/mol. The number of nitrogens with zero attached hydrogens (tertiary/aromatic N) is 1. The predicted octanol–water partition coefficient (Wildman–Crippen LogP) is 4.65. The molecule has 0 fully saturated rings. The van der Waals surface area contributed by atoms with E-state index in [2.05, 4.69) is 57.5 Å². The summed E-state index contributed by atoms with van der Waals surface area (Å²) in [6.45, 7) is 0.494. The lowest BCUT2D eigenvalue weighted by Gasteiger charge is -2.44. The van der Waals surface area contributed by atoms with Crippen molar-refractivity contribution >= 4 is 0 Å². The van der Waals surface area contributed by atoms with Crippen LogP contribution in [0.25, 0.3) is 0 Å². The van der Waals surface area contributed by atoms with Crippen molar-refractivity contribution in [1.29, 1.82) is 0 Å². The van der Waals surface area contributed by atoms with Crippen molar-refractivity contribution < 1.29 is 18.7 Å². The molecule has 0 aromatic heterocycles. The smallest absolute Gasteiger partial charge is 0.326 e. The quantitative estimate of drug-likeness (QED) is 0.294. The Kier molecular flexibility index (Phi) is 6.74. The summed E-state index contributed by atoms with van der Waals surface area (Å²) in [6, 6.07) is 30.7. The van der Waals surface area contributed by atoms with Crippen molar-refractivity contribution in [3.63, 3.8) is 0 Å². The van der Waals surface area contributed by atoms with E-state index in [4.69, 9.17) is 14.2 Å². The minimum absolute atomic E-state index is 0.494. The highest BCUT2D eigenvalue weighted by Crippen LogP contribution is 2.44. The van der Waals surface area contributed by atoms with E-state index in [0.717, 1.165) is 16.7 Å². The first-order valence-corrected chi connectivity index (χ1v) is 10.1. The second-order valence-corrected chi connectivity index (χ2v) is 8.42. The van der Waals surface area contributed by atoms with Gasteiger partial charge in [-0.2, -0.15) is 0 Å². The monoisotopic (exact) mass is 406 g/mol. The molecule has 0 saturated heterocycles. The SMILES string of the molecule is COC(C[N+](C)(C)C)(OC)OC(c1ccccc1)(c1ccccc1)c1ccccc1. The van der Waals surface area contributed by atoms with E-state index in [0.29, 0.717) is 11.0 Å². The van der Waals surface area contributed by atoms with E-state index in [1.807, 2.05) is 54.6 Å². The van der Waals surface area contributed by atoms with Gasteiger partial charge >= 0.3 is 5.97 Å². The topological polar surface area (TPSA) is 27.7 Å². The molecule has 0 bridgehead atoms. The van der Waals surface area contributed by atoms with Crippen LogP contribution in [0.3, 0.4) is 0 Å². The molecule has 0 N–H and O–H groups in total. The molecule has 0 saturated carbocycles. The van der Waals surface area contributed by atoms with E-state index in [-0.39, 0.29) is 0 Å². The highest BCUT2D eigenvalue weighted by atomic mass is 16.9. The van der Waals surface area contributed by atoms with Gasteiger partial charge in [-0.15, -0.1) is 0 Å². The number of hydrogen-bond donors (Lipinski definition) is 0. The van der Waals surface area contributed by atoms with Crippen LogP contribution in [0.15, 0.2) is 91.0 Å². The van der Waals surface area contributed by atoms with Crippen molar-refractivity contribution in [2.75, 3.05) is 41.9 Å². The maximum Gasteiger partial charge on any atom is 0.336 e. The number of ether oxygens (including phenoxy) is 3. The van der Waals surface area contributed by atoms with Gasteiger partial charge in [0, 0.05) is 14.2 Å². The number of quaternary nitrogens is 1. The highest BCUT2D eigenvalue weighted by molar-refractivity contribution is 5.47. The molecule has 30 heavy (non-hydrogen) atoms. The molecular formula is C26H32NO3+. The average Bonchev–Trinajstić information content (AvgIpc) is 2.78. The normalized spacial score (nSPS) is 12.7. The van der Waals surface area contributed by atoms with Crippen LogP contribution in [0.4, 0.5) is 0 Å². The lowest BCUT2D eigenvalue weighted by molar-refractivity contribution is -0.886. The van der Waals surface area contributed by atoms with Gasteiger partial charge < -0.3 is 18.7 Å². The van der Waals surface area contributed by atoms with Gasteiger partial charge in [-0.25, -0.2) is 0 Å². The molecule has 3 aromatic carbocycles. The first-order valence-electron chi connectivity index (χ1n) is 10.1. The Balaban J connectivity index is 2.31. The van der Waals surface area contributed by atoms with Gasteiger partial charge in [-0.1, -0.05) is 91.0 Å². The zero-order chi connectivity index (χ0) is 21.7. The first kappa shape index (κ1) is 22.2. The molecule has 0 radical (unpaired) electrons. The Bertz CT molecular complexity index is 805. The number of methoxy groups -OCH3 is 2. The van der Waals surface area contributed by atoms with Gasteiger partial charge in [0.2, 0.25) is 0 Å². The van der Waals surface area contributed by atoms with Crippen LogP contribution in [0.2, 0.25) is 0 Å². The minimum Gasteiger partial charge on any atom is -0.326 e. The van der Waals surface area contributed by atoms with Crippen molar-refractivity contribution in [3.05, 3.63) is 108 Å². The zero-order valence-corrected chi connectivity index (χ0v) is 18.5. The van der Waals surface area contributed by atoms with Crippen LogP contribution in [-0.2, 0) is 19.8 Å². The van der Waals surface area contributed by atoms with E-state index in [1.54, 1.807) is 14.2 Å². The molecule has 0 atom stereocenters. The molecule has 0 heterocycles. The Morgan fingerprint density at radius 1 is 0.600 bits per heavy atom. The third-order valence-electron chi connectivity index (χ3n) is 5.14. The van der Waals surface area contributed by atoms with Gasteiger partial charge in [-0.05, 0) is 16.7 Å². The summed E-state index contributed by atoms with van der Waals surface area (Å²) in [5, 5.41) is 0. The molecule has 4 heteroatoms. The lowest BCUT2D eigenvalue weighted by Crippen LogP contribution is -2.56. The van der Waals surface area contributed by atoms with Crippen LogP contribution in [-0.4, -0.2) is 52.4 Å².